The fourth-order valence-electron chi connectivity index (χ4n) is 6.67. The Labute approximate surface area is 189 Å². The molecule has 168 valence electrons. The van der Waals surface area contributed by atoms with E-state index in [2.05, 4.69) is 24.0 Å². The van der Waals surface area contributed by atoms with Crippen molar-refractivity contribution in [1.29, 1.82) is 0 Å². The lowest BCUT2D eigenvalue weighted by Gasteiger charge is -2.63. The first kappa shape index (κ1) is 21.2. The summed E-state index contributed by atoms with van der Waals surface area (Å²) in [7, 11) is 3.71. The maximum atomic E-state index is 13.5. The van der Waals surface area contributed by atoms with E-state index >= 15 is 0 Å². The summed E-state index contributed by atoms with van der Waals surface area (Å²) in [5, 5.41) is 0. The molecule has 6 nitrogen and oxygen atoms in total. The van der Waals surface area contributed by atoms with Gasteiger partial charge in [0.1, 0.15) is 5.75 Å². The second-order valence-electron chi connectivity index (χ2n) is 9.86. The van der Waals surface area contributed by atoms with Crippen LogP contribution in [0.5, 0.6) is 5.75 Å². The maximum Gasteiger partial charge on any atom is 0.262 e. The van der Waals surface area contributed by atoms with Gasteiger partial charge < -0.3 is 10.5 Å². The van der Waals surface area contributed by atoms with Crippen LogP contribution in [0.1, 0.15) is 58.9 Å². The molecule has 6 heteroatoms. The highest BCUT2D eigenvalue weighted by molar-refractivity contribution is 6.21. The van der Waals surface area contributed by atoms with Crippen LogP contribution in [0.15, 0.2) is 48.5 Å². The largest absolute Gasteiger partial charge is 0.497 e. The van der Waals surface area contributed by atoms with Gasteiger partial charge in [-0.25, -0.2) is 0 Å². The highest BCUT2D eigenvalue weighted by atomic mass is 16.5. The lowest BCUT2D eigenvalue weighted by Crippen LogP contribution is -2.70. The quantitative estimate of drug-likeness (QED) is 0.751. The van der Waals surface area contributed by atoms with Crippen LogP contribution < -0.4 is 10.5 Å². The molecule has 32 heavy (non-hydrogen) atoms. The highest BCUT2D eigenvalue weighted by Gasteiger charge is 2.63. The zero-order valence-corrected chi connectivity index (χ0v) is 19.0. The molecule has 0 radical (unpaired) electrons. The fraction of sp³-hybridized carbons (Fsp3) is 0.462. The van der Waals surface area contributed by atoms with Gasteiger partial charge in [0.15, 0.2) is 0 Å². The lowest BCUT2D eigenvalue weighted by atomic mass is 9.48. The number of carbonyl (C=O) groups excluding carboxylic acids is 2. The molecule has 1 aliphatic carbocycles. The van der Waals surface area contributed by atoms with Gasteiger partial charge in [0.05, 0.1) is 24.4 Å². The number of methoxy groups -OCH3 is 1. The molecule has 0 spiro atoms. The van der Waals surface area contributed by atoms with E-state index in [1.807, 2.05) is 31.3 Å². The van der Waals surface area contributed by atoms with Gasteiger partial charge in [0, 0.05) is 23.4 Å². The van der Waals surface area contributed by atoms with Crippen molar-refractivity contribution in [3.8, 4) is 5.75 Å². The number of nitrogens with zero attached hydrogens (tertiary/aromatic N) is 2. The van der Waals surface area contributed by atoms with Crippen molar-refractivity contribution < 1.29 is 14.3 Å². The Kier molecular flexibility index (Phi) is 4.91. The average molecular weight is 434 g/mol. The molecule has 3 aliphatic rings. The molecule has 5 rings (SSSR count). The molecule has 2 heterocycles. The number of carbonyl (C=O) groups is 2. The van der Waals surface area contributed by atoms with Crippen LogP contribution in [0.25, 0.3) is 0 Å². The Morgan fingerprint density at radius 1 is 1.03 bits per heavy atom. The Balaban J connectivity index is 1.66. The molecule has 0 bridgehead atoms. The van der Waals surface area contributed by atoms with Gasteiger partial charge in [-0.1, -0.05) is 31.2 Å². The summed E-state index contributed by atoms with van der Waals surface area (Å²) in [6.45, 7) is 3.03. The monoisotopic (exact) mass is 433 g/mol. The van der Waals surface area contributed by atoms with Gasteiger partial charge in [-0.2, -0.15) is 0 Å². The summed E-state index contributed by atoms with van der Waals surface area (Å²) in [6.07, 6.45) is 3.11. The summed E-state index contributed by atoms with van der Waals surface area (Å²) >= 11 is 0. The molecule has 2 aliphatic heterocycles. The highest BCUT2D eigenvalue weighted by Crippen LogP contribution is 2.60. The minimum Gasteiger partial charge on any atom is -0.497 e. The van der Waals surface area contributed by atoms with E-state index in [9.17, 15) is 9.59 Å². The fourth-order valence-corrected chi connectivity index (χ4v) is 6.67. The number of ether oxygens (including phenoxy) is 1. The van der Waals surface area contributed by atoms with Crippen LogP contribution >= 0.6 is 0 Å². The zero-order chi connectivity index (χ0) is 22.7. The molecule has 2 fully saturated rings. The second-order valence-corrected chi connectivity index (χ2v) is 9.86. The van der Waals surface area contributed by atoms with Gasteiger partial charge in [0.25, 0.3) is 11.8 Å². The molecule has 2 amide bonds. The first-order chi connectivity index (χ1) is 15.3. The van der Waals surface area contributed by atoms with E-state index in [1.165, 1.54) is 10.5 Å². The predicted molar refractivity (Wildman–Crippen MR) is 123 cm³/mol. The number of hydrogen-bond donors (Lipinski definition) is 1. The van der Waals surface area contributed by atoms with Crippen LogP contribution in [-0.2, 0) is 5.41 Å². The van der Waals surface area contributed by atoms with Crippen molar-refractivity contribution in [3.63, 3.8) is 0 Å². The molecule has 1 saturated heterocycles. The van der Waals surface area contributed by atoms with Crippen LogP contribution in [0.3, 0.4) is 0 Å². The van der Waals surface area contributed by atoms with Crippen LogP contribution in [0.2, 0.25) is 0 Å². The number of benzene rings is 2. The van der Waals surface area contributed by atoms with E-state index < -0.39 is 0 Å². The van der Waals surface area contributed by atoms with E-state index in [4.69, 9.17) is 10.5 Å². The van der Waals surface area contributed by atoms with Gasteiger partial charge in [-0.3, -0.25) is 19.4 Å². The lowest BCUT2D eigenvalue weighted by molar-refractivity contribution is -0.111. The molecule has 2 aromatic carbocycles. The Morgan fingerprint density at radius 3 is 2.38 bits per heavy atom. The van der Waals surface area contributed by atoms with Crippen molar-refractivity contribution in [1.82, 2.24) is 9.80 Å². The molecule has 2 N–H and O–H groups in total. The van der Waals surface area contributed by atoms with Gasteiger partial charge in [-0.15, -0.1) is 0 Å². The van der Waals surface area contributed by atoms with Crippen molar-refractivity contribution in [2.75, 3.05) is 20.7 Å². The molecule has 0 aromatic heterocycles. The average Bonchev–Trinajstić information content (AvgIpc) is 3.05. The second kappa shape index (κ2) is 7.42. The summed E-state index contributed by atoms with van der Waals surface area (Å²) in [5.41, 5.74) is 8.13. The number of amides is 2. The van der Waals surface area contributed by atoms with Crippen molar-refractivity contribution in [3.05, 3.63) is 65.2 Å². The zero-order valence-electron chi connectivity index (χ0n) is 19.0. The van der Waals surface area contributed by atoms with Crippen LogP contribution in [-0.4, -0.2) is 54.5 Å². The topological polar surface area (TPSA) is 75.9 Å². The Morgan fingerprint density at radius 2 is 1.72 bits per heavy atom. The standard InChI is InChI=1S/C26H31N3O3/c1-25-12-11-18(27)16-26(25,17-7-6-8-19(15-17)32-3)13-14-28(2)24(25)29-22(30)20-9-4-5-10-21(20)23(29)31/h4-10,15,18,24H,11-14,16,27H2,1-3H3. The molecular formula is C26H31N3O3. The van der Waals surface area contributed by atoms with Crippen molar-refractivity contribution >= 4 is 11.8 Å². The third-order valence-electron chi connectivity index (χ3n) is 8.31. The van der Waals surface area contributed by atoms with E-state index in [-0.39, 0.29) is 34.9 Å². The first-order valence-corrected chi connectivity index (χ1v) is 11.4. The normalized spacial score (nSPS) is 32.6. The number of piperidine rings is 1. The number of rotatable bonds is 3. The SMILES string of the molecule is COc1cccc(C23CCN(C)C(N4C(=O)c5ccccc5C4=O)C2(C)CCC(N)C3)c1. The molecule has 4 atom stereocenters. The predicted octanol–water partition coefficient (Wildman–Crippen LogP) is 3.41. The number of imide groups is 1. The summed E-state index contributed by atoms with van der Waals surface area (Å²) < 4.78 is 5.55. The Hall–Kier alpha value is -2.70. The smallest absolute Gasteiger partial charge is 0.262 e. The third-order valence-corrected chi connectivity index (χ3v) is 8.31. The number of nitrogens with two attached hydrogens (primary N) is 1. The third kappa shape index (κ3) is 2.79. The van der Waals surface area contributed by atoms with E-state index in [0.717, 1.165) is 38.0 Å². The molecule has 1 saturated carbocycles. The minimum atomic E-state index is -0.352. The van der Waals surface area contributed by atoms with Crippen molar-refractivity contribution in [2.24, 2.45) is 11.1 Å². The van der Waals surface area contributed by atoms with Crippen LogP contribution in [0, 0.1) is 5.41 Å². The number of hydrogen-bond acceptors (Lipinski definition) is 5. The van der Waals surface area contributed by atoms with Crippen molar-refractivity contribution in [2.45, 2.75) is 50.2 Å². The van der Waals surface area contributed by atoms with Gasteiger partial charge in [-0.05, 0) is 62.6 Å². The number of fused-ring (bicyclic) bond motifs is 2. The maximum absolute atomic E-state index is 13.5. The van der Waals surface area contributed by atoms with E-state index in [0.29, 0.717) is 11.1 Å². The van der Waals surface area contributed by atoms with Gasteiger partial charge in [0.2, 0.25) is 0 Å². The molecular weight excluding hydrogens is 402 g/mol. The summed E-state index contributed by atoms with van der Waals surface area (Å²) in [4.78, 5) is 30.7. The van der Waals surface area contributed by atoms with Crippen LogP contribution in [0.4, 0.5) is 0 Å². The number of likely N-dealkylation sites (tertiary alicyclic amines) is 1. The summed E-state index contributed by atoms with van der Waals surface area (Å²) in [6, 6.07) is 15.5. The van der Waals surface area contributed by atoms with Gasteiger partial charge >= 0.3 is 0 Å². The Bertz CT molecular complexity index is 1050. The molecule has 2 aromatic rings. The summed E-state index contributed by atoms with van der Waals surface area (Å²) in [5.74, 6) is 0.426. The first-order valence-electron chi connectivity index (χ1n) is 11.4. The molecule has 4 unspecified atom stereocenters. The van der Waals surface area contributed by atoms with E-state index in [1.54, 1.807) is 19.2 Å². The minimum absolute atomic E-state index is 0.0838.